The highest BCUT2D eigenvalue weighted by Gasteiger charge is 2.21. The van der Waals surface area contributed by atoms with E-state index in [0.717, 1.165) is 6.19 Å². The fourth-order valence-electron chi connectivity index (χ4n) is 0.131. The summed E-state index contributed by atoms with van der Waals surface area (Å²) in [5, 5.41) is 17.1. The molecular formula is C2H2N4O3. The van der Waals surface area contributed by atoms with E-state index in [4.69, 9.17) is 5.26 Å². The van der Waals surface area contributed by atoms with Crippen LogP contribution in [0.1, 0.15) is 0 Å². The molecule has 7 nitrogen and oxygen atoms in total. The third-order valence-electron chi connectivity index (χ3n) is 0.470. The highest BCUT2D eigenvalue weighted by atomic mass is 16.6. The van der Waals surface area contributed by atoms with Gasteiger partial charge >= 0.3 is 12.2 Å². The smallest absolute Gasteiger partial charge is 0.355 e. The maximum atomic E-state index is 9.95. The van der Waals surface area contributed by atoms with Gasteiger partial charge in [-0.05, 0) is 5.01 Å². The van der Waals surface area contributed by atoms with E-state index < -0.39 is 11.0 Å². The molecule has 0 unspecified atom stereocenters. The summed E-state index contributed by atoms with van der Waals surface area (Å²) in [5.74, 6) is 4.50. The van der Waals surface area contributed by atoms with Gasteiger partial charge in [0.05, 0.1) is 0 Å². The second-order valence-corrected chi connectivity index (χ2v) is 1.01. The summed E-state index contributed by atoms with van der Waals surface area (Å²) in [4.78, 5) is 18.1. The van der Waals surface area contributed by atoms with Crippen molar-refractivity contribution in [3.8, 4) is 6.19 Å². The van der Waals surface area contributed by atoms with Crippen LogP contribution < -0.4 is 5.84 Å². The number of urea groups is 1. The molecule has 0 heterocycles. The van der Waals surface area contributed by atoms with E-state index in [9.17, 15) is 14.9 Å². The second-order valence-electron chi connectivity index (χ2n) is 1.01. The van der Waals surface area contributed by atoms with Crippen LogP contribution in [0.4, 0.5) is 4.79 Å². The van der Waals surface area contributed by atoms with Crippen LogP contribution in [0.15, 0.2) is 0 Å². The first-order chi connectivity index (χ1) is 4.09. The average molecular weight is 130 g/mol. The number of nitriles is 1. The first kappa shape index (κ1) is 7.32. The van der Waals surface area contributed by atoms with Crippen molar-refractivity contribution in [2.24, 2.45) is 5.84 Å². The fourth-order valence-corrected chi connectivity index (χ4v) is 0.131. The lowest BCUT2D eigenvalue weighted by Gasteiger charge is -1.93. The van der Waals surface area contributed by atoms with Crippen LogP contribution in [0.25, 0.3) is 0 Å². The lowest BCUT2D eigenvalue weighted by Crippen LogP contribution is -2.36. The van der Waals surface area contributed by atoms with Crippen LogP contribution in [0.5, 0.6) is 0 Å². The zero-order chi connectivity index (χ0) is 7.44. The molecule has 7 heteroatoms. The Morgan fingerprint density at radius 2 is 2.33 bits per heavy atom. The Hall–Kier alpha value is -1.68. The molecule has 0 spiro atoms. The number of hydrazine groups is 1. The number of amides is 2. The number of carbonyl (C=O) groups excluding carboxylic acids is 1. The molecule has 0 bridgehead atoms. The highest BCUT2D eigenvalue weighted by molar-refractivity contribution is 5.66. The summed E-state index contributed by atoms with van der Waals surface area (Å²) in [6.07, 6.45) is 1.07. The molecule has 0 aromatic heterocycles. The lowest BCUT2D eigenvalue weighted by molar-refractivity contribution is -0.382. The largest absolute Gasteiger partial charge is 0.568 e. The standard InChI is InChI=1S/C2H2N4O3/c3-1-5(4)2(7)6(8)9/h4H2. The van der Waals surface area contributed by atoms with Gasteiger partial charge in [0.25, 0.3) is 0 Å². The first-order valence-electron chi connectivity index (χ1n) is 1.72. The van der Waals surface area contributed by atoms with Gasteiger partial charge in [0, 0.05) is 4.92 Å². The van der Waals surface area contributed by atoms with Crippen LogP contribution >= 0.6 is 0 Å². The predicted molar refractivity (Wildman–Crippen MR) is 24.0 cm³/mol. The van der Waals surface area contributed by atoms with Crippen molar-refractivity contribution in [1.82, 2.24) is 5.01 Å². The van der Waals surface area contributed by atoms with Gasteiger partial charge in [-0.1, -0.05) is 0 Å². The van der Waals surface area contributed by atoms with E-state index in [0.29, 0.717) is 0 Å². The molecule has 0 fully saturated rings. The van der Waals surface area contributed by atoms with E-state index in [1.165, 1.54) is 0 Å². The van der Waals surface area contributed by atoms with Gasteiger partial charge < -0.3 is 10.1 Å². The maximum Gasteiger partial charge on any atom is 0.568 e. The monoisotopic (exact) mass is 130 g/mol. The number of nitro groups is 1. The van der Waals surface area contributed by atoms with E-state index in [1.807, 2.05) is 0 Å². The lowest BCUT2D eigenvalue weighted by atomic mass is 11.0. The second kappa shape index (κ2) is 2.58. The summed E-state index contributed by atoms with van der Waals surface area (Å²) in [6.45, 7) is 0. The number of rotatable bonds is 0. The molecule has 2 N–H and O–H groups in total. The molecule has 0 saturated heterocycles. The van der Waals surface area contributed by atoms with Crippen LogP contribution in [0.2, 0.25) is 0 Å². The zero-order valence-corrected chi connectivity index (χ0v) is 4.14. The Balaban J connectivity index is 4.09. The topological polar surface area (TPSA) is 113 Å². The predicted octanol–water partition coefficient (Wildman–Crippen LogP) is -0.960. The molecule has 2 amide bonds. The number of hydrogen-bond donors (Lipinski definition) is 1. The van der Waals surface area contributed by atoms with Gasteiger partial charge in [-0.2, -0.15) is 10.6 Å². The van der Waals surface area contributed by atoms with Crippen molar-refractivity contribution in [1.29, 1.82) is 5.26 Å². The van der Waals surface area contributed by atoms with Gasteiger partial charge in [0.2, 0.25) is 0 Å². The molecule has 0 aliphatic carbocycles. The number of hydrogen-bond acceptors (Lipinski definition) is 5. The third kappa shape index (κ3) is 1.70. The van der Waals surface area contributed by atoms with E-state index in [2.05, 4.69) is 5.84 Å². The molecule has 9 heavy (non-hydrogen) atoms. The molecule has 0 aromatic carbocycles. The van der Waals surface area contributed by atoms with E-state index in [-0.39, 0.29) is 5.01 Å². The van der Waals surface area contributed by atoms with Crippen LogP contribution in [0.3, 0.4) is 0 Å². The van der Waals surface area contributed by atoms with Crippen LogP contribution in [0, 0.1) is 21.6 Å². The van der Waals surface area contributed by atoms with Crippen molar-refractivity contribution >= 4 is 6.03 Å². The van der Waals surface area contributed by atoms with Crippen molar-refractivity contribution < 1.29 is 9.72 Å². The first-order valence-corrected chi connectivity index (χ1v) is 1.72. The maximum absolute atomic E-state index is 9.95. The van der Waals surface area contributed by atoms with Gasteiger partial charge in [-0.15, -0.1) is 5.26 Å². The molecule has 48 valence electrons. The van der Waals surface area contributed by atoms with E-state index in [1.54, 1.807) is 0 Å². The number of carbonyl (C=O) groups is 1. The molecule has 0 saturated carbocycles. The van der Waals surface area contributed by atoms with Crippen molar-refractivity contribution in [2.45, 2.75) is 0 Å². The van der Waals surface area contributed by atoms with Crippen molar-refractivity contribution in [2.75, 3.05) is 0 Å². The van der Waals surface area contributed by atoms with Gasteiger partial charge in [0.15, 0.2) is 0 Å². The summed E-state index contributed by atoms with van der Waals surface area (Å²) in [7, 11) is 0. The normalized spacial score (nSPS) is 7.56. The Kier molecular flexibility index (Phi) is 2.10. The summed E-state index contributed by atoms with van der Waals surface area (Å²) < 4.78 is 0. The molecule has 0 aliphatic rings. The molecule has 0 radical (unpaired) electrons. The minimum absolute atomic E-state index is 0.167. The van der Waals surface area contributed by atoms with Gasteiger partial charge in [0.1, 0.15) is 0 Å². The zero-order valence-electron chi connectivity index (χ0n) is 4.14. The Bertz CT molecular complexity index is 181. The SMILES string of the molecule is N#CN(N)C(=O)[N+](=O)[O-]. The fraction of sp³-hybridized carbons (Fsp3) is 0. The number of nitrogens with two attached hydrogens (primary N) is 1. The molecule has 0 aromatic rings. The number of nitrogens with zero attached hydrogens (tertiary/aromatic N) is 3. The summed E-state index contributed by atoms with van der Waals surface area (Å²) in [6, 6.07) is -1.64. The van der Waals surface area contributed by atoms with Crippen molar-refractivity contribution in [3.05, 3.63) is 10.1 Å². The summed E-state index contributed by atoms with van der Waals surface area (Å²) in [5.41, 5.74) is 0. The molecule has 0 atom stereocenters. The molecular weight excluding hydrogens is 128 g/mol. The minimum Gasteiger partial charge on any atom is -0.355 e. The Labute approximate surface area is 49.4 Å². The quantitative estimate of drug-likeness (QED) is 0.113. The molecule has 0 aliphatic heterocycles. The van der Waals surface area contributed by atoms with E-state index >= 15 is 0 Å². The van der Waals surface area contributed by atoms with Gasteiger partial charge in [-0.25, -0.2) is 0 Å². The minimum atomic E-state index is -1.64. The third-order valence-corrected chi connectivity index (χ3v) is 0.470. The van der Waals surface area contributed by atoms with Crippen LogP contribution in [-0.2, 0) is 0 Å². The highest BCUT2D eigenvalue weighted by Crippen LogP contribution is 1.79. The Morgan fingerprint density at radius 1 is 1.89 bits per heavy atom. The average Bonchev–Trinajstić information content (AvgIpc) is 1.84. The van der Waals surface area contributed by atoms with Crippen LogP contribution in [-0.4, -0.2) is 16.0 Å². The molecule has 0 rings (SSSR count). The summed E-state index contributed by atoms with van der Waals surface area (Å²) >= 11 is 0. The van der Waals surface area contributed by atoms with Gasteiger partial charge in [-0.3, -0.25) is 0 Å². The Morgan fingerprint density at radius 3 is 2.44 bits per heavy atom. The van der Waals surface area contributed by atoms with Crippen molar-refractivity contribution in [3.63, 3.8) is 0 Å².